The number of piperidine rings is 2. The molecule has 0 spiro atoms. The highest BCUT2D eigenvalue weighted by molar-refractivity contribution is 5.84. The zero-order valence-corrected chi connectivity index (χ0v) is 13.4. The van der Waals surface area contributed by atoms with Crippen LogP contribution < -0.4 is 5.32 Å². The molecule has 2 fully saturated rings. The molecule has 0 saturated carbocycles. The van der Waals surface area contributed by atoms with Gasteiger partial charge in [-0.25, -0.2) is 4.79 Å². The zero-order chi connectivity index (χ0) is 15.4. The molecule has 0 unspecified atom stereocenters. The van der Waals surface area contributed by atoms with E-state index in [4.69, 9.17) is 4.74 Å². The minimum atomic E-state index is -0.336. The van der Waals surface area contributed by atoms with Crippen molar-refractivity contribution in [1.82, 2.24) is 4.90 Å². The summed E-state index contributed by atoms with van der Waals surface area (Å²) in [6.45, 7) is 5.01. The Labute approximate surface area is 132 Å². The normalized spacial score (nSPS) is 25.3. The summed E-state index contributed by atoms with van der Waals surface area (Å²) < 4.78 is 5.49. The van der Waals surface area contributed by atoms with Gasteiger partial charge in [0.2, 0.25) is 0 Å². The Hall–Kier alpha value is -1.55. The van der Waals surface area contributed by atoms with Crippen molar-refractivity contribution in [2.24, 2.45) is 5.92 Å². The van der Waals surface area contributed by atoms with Gasteiger partial charge >= 0.3 is 6.09 Å². The molecule has 2 atom stereocenters. The molecule has 2 heterocycles. The van der Waals surface area contributed by atoms with Gasteiger partial charge in [-0.05, 0) is 57.8 Å². The molecule has 1 N–H and O–H groups in total. The topological polar surface area (TPSA) is 41.6 Å². The smallest absolute Gasteiger partial charge is 0.411 e. The van der Waals surface area contributed by atoms with Gasteiger partial charge in [0, 0.05) is 17.6 Å². The monoisotopic (exact) mass is 302 g/mol. The molecule has 22 heavy (non-hydrogen) atoms. The van der Waals surface area contributed by atoms with Crippen LogP contribution in [-0.4, -0.2) is 36.7 Å². The number of amides is 1. The van der Waals surface area contributed by atoms with Crippen molar-refractivity contribution in [2.75, 3.05) is 25.0 Å². The molecular formula is C18H26N2O2. The fourth-order valence-corrected chi connectivity index (χ4v) is 3.75. The van der Waals surface area contributed by atoms with E-state index in [1.54, 1.807) is 0 Å². The van der Waals surface area contributed by atoms with Crippen LogP contribution in [0.5, 0.6) is 0 Å². The third-order valence-electron chi connectivity index (χ3n) is 4.96. The molecular weight excluding hydrogens is 276 g/mol. The predicted octanol–water partition coefficient (Wildman–Crippen LogP) is 3.81. The quantitative estimate of drug-likeness (QED) is 0.923. The predicted molar refractivity (Wildman–Crippen MR) is 88.1 cm³/mol. The van der Waals surface area contributed by atoms with Gasteiger partial charge in [-0.15, -0.1) is 0 Å². The van der Waals surface area contributed by atoms with Crippen LogP contribution in [0.3, 0.4) is 0 Å². The van der Waals surface area contributed by atoms with Gasteiger partial charge in [0.05, 0.1) is 6.61 Å². The van der Waals surface area contributed by atoms with Crippen LogP contribution >= 0.6 is 0 Å². The molecule has 1 aromatic rings. The number of carbonyl (C=O) groups excluding carboxylic acids is 1. The van der Waals surface area contributed by atoms with Gasteiger partial charge in [0.25, 0.3) is 0 Å². The molecule has 0 aliphatic carbocycles. The van der Waals surface area contributed by atoms with Gasteiger partial charge in [0.15, 0.2) is 0 Å². The number of nitrogens with one attached hydrogen (secondary N) is 1. The number of ether oxygens (including phenoxy) is 1. The van der Waals surface area contributed by atoms with E-state index in [-0.39, 0.29) is 6.09 Å². The Balaban J connectivity index is 1.48. The first-order valence-electron chi connectivity index (χ1n) is 8.47. The Morgan fingerprint density at radius 1 is 1.18 bits per heavy atom. The number of carbonyl (C=O) groups is 1. The van der Waals surface area contributed by atoms with E-state index in [2.05, 4.69) is 10.2 Å². The van der Waals surface area contributed by atoms with Crippen LogP contribution in [-0.2, 0) is 4.74 Å². The van der Waals surface area contributed by atoms with Crippen LogP contribution in [0, 0.1) is 12.8 Å². The Kier molecular flexibility index (Phi) is 4.98. The first-order chi connectivity index (χ1) is 10.7. The summed E-state index contributed by atoms with van der Waals surface area (Å²) in [4.78, 5) is 14.5. The zero-order valence-electron chi connectivity index (χ0n) is 13.4. The van der Waals surface area contributed by atoms with Crippen molar-refractivity contribution >= 4 is 11.8 Å². The fourth-order valence-electron chi connectivity index (χ4n) is 3.75. The summed E-state index contributed by atoms with van der Waals surface area (Å²) in [5.74, 6) is 0.498. The molecule has 0 aromatic heterocycles. The van der Waals surface area contributed by atoms with E-state index < -0.39 is 0 Å². The number of rotatable bonds is 3. The second-order valence-electron chi connectivity index (χ2n) is 6.59. The van der Waals surface area contributed by atoms with E-state index in [1.807, 2.05) is 31.2 Å². The number of fused-ring (bicyclic) bond motifs is 1. The molecule has 2 saturated heterocycles. The lowest BCUT2D eigenvalue weighted by Gasteiger charge is -2.44. The minimum Gasteiger partial charge on any atom is -0.449 e. The molecule has 2 aliphatic heterocycles. The summed E-state index contributed by atoms with van der Waals surface area (Å²) in [6, 6.07) is 8.39. The van der Waals surface area contributed by atoms with Crippen molar-refractivity contribution in [1.29, 1.82) is 0 Å². The van der Waals surface area contributed by atoms with Crippen LogP contribution in [0.25, 0.3) is 0 Å². The largest absolute Gasteiger partial charge is 0.449 e. The number of nitrogens with zero attached hydrogens (tertiary/aromatic N) is 1. The molecule has 2 aliphatic rings. The summed E-state index contributed by atoms with van der Waals surface area (Å²) in [7, 11) is 0. The van der Waals surface area contributed by atoms with Crippen LogP contribution in [0.4, 0.5) is 10.5 Å². The van der Waals surface area contributed by atoms with E-state index >= 15 is 0 Å². The van der Waals surface area contributed by atoms with Gasteiger partial charge in [0.1, 0.15) is 0 Å². The Morgan fingerprint density at radius 2 is 1.95 bits per heavy atom. The maximum absolute atomic E-state index is 12.0. The van der Waals surface area contributed by atoms with Gasteiger partial charge in [-0.2, -0.15) is 0 Å². The lowest BCUT2D eigenvalue weighted by Crippen LogP contribution is -2.49. The molecule has 3 rings (SSSR count). The third-order valence-corrected chi connectivity index (χ3v) is 4.96. The third kappa shape index (κ3) is 3.80. The lowest BCUT2D eigenvalue weighted by atomic mass is 9.84. The summed E-state index contributed by atoms with van der Waals surface area (Å²) in [5, 5.41) is 2.81. The van der Waals surface area contributed by atoms with E-state index in [0.717, 1.165) is 5.69 Å². The first kappa shape index (κ1) is 15.3. The second-order valence-corrected chi connectivity index (χ2v) is 6.59. The summed E-state index contributed by atoms with van der Waals surface area (Å²) in [6.07, 6.45) is 5.96. The van der Waals surface area contributed by atoms with Gasteiger partial charge in [-0.3, -0.25) is 10.2 Å². The standard InChI is InChI=1S/C18H26N2O2/c1-14-7-9-16(10-8-14)19-18(21)22-13-15-5-4-12-20-11-3-2-6-17(15)20/h7-10,15,17H,2-6,11-13H2,1H3,(H,19,21)/t15-,17-/m0/s1. The Morgan fingerprint density at radius 3 is 2.77 bits per heavy atom. The molecule has 0 radical (unpaired) electrons. The highest BCUT2D eigenvalue weighted by Crippen LogP contribution is 2.31. The van der Waals surface area contributed by atoms with Crippen LogP contribution in [0.2, 0.25) is 0 Å². The fraction of sp³-hybridized carbons (Fsp3) is 0.611. The molecule has 120 valence electrons. The number of hydrogen-bond acceptors (Lipinski definition) is 3. The van der Waals surface area contributed by atoms with Crippen molar-refractivity contribution in [3.05, 3.63) is 29.8 Å². The van der Waals surface area contributed by atoms with Crippen molar-refractivity contribution in [3.8, 4) is 0 Å². The molecule has 1 amide bonds. The van der Waals surface area contributed by atoms with Gasteiger partial charge < -0.3 is 4.74 Å². The molecule has 4 heteroatoms. The van der Waals surface area contributed by atoms with Gasteiger partial charge in [-0.1, -0.05) is 24.1 Å². The minimum absolute atomic E-state index is 0.336. The summed E-state index contributed by atoms with van der Waals surface area (Å²) >= 11 is 0. The number of anilines is 1. The highest BCUT2D eigenvalue weighted by Gasteiger charge is 2.33. The number of aryl methyl sites for hydroxylation is 1. The number of hydrogen-bond donors (Lipinski definition) is 1. The summed E-state index contributed by atoms with van der Waals surface area (Å²) in [5.41, 5.74) is 1.97. The van der Waals surface area contributed by atoms with Crippen molar-refractivity contribution in [3.63, 3.8) is 0 Å². The molecule has 1 aromatic carbocycles. The average Bonchev–Trinajstić information content (AvgIpc) is 2.55. The first-order valence-corrected chi connectivity index (χ1v) is 8.47. The van der Waals surface area contributed by atoms with Crippen molar-refractivity contribution in [2.45, 2.75) is 45.1 Å². The maximum Gasteiger partial charge on any atom is 0.411 e. The molecule has 0 bridgehead atoms. The second kappa shape index (κ2) is 7.14. The van der Waals surface area contributed by atoms with E-state index in [1.165, 1.54) is 50.8 Å². The van der Waals surface area contributed by atoms with Crippen LogP contribution in [0.15, 0.2) is 24.3 Å². The van der Waals surface area contributed by atoms with Crippen LogP contribution in [0.1, 0.15) is 37.7 Å². The van der Waals surface area contributed by atoms with E-state index in [9.17, 15) is 4.79 Å². The van der Waals surface area contributed by atoms with E-state index in [0.29, 0.717) is 18.6 Å². The maximum atomic E-state index is 12.0. The SMILES string of the molecule is Cc1ccc(NC(=O)OC[C@@H]2CCCN3CCCC[C@@H]23)cc1. The molecule has 4 nitrogen and oxygen atoms in total. The highest BCUT2D eigenvalue weighted by atomic mass is 16.5. The number of benzene rings is 1. The lowest BCUT2D eigenvalue weighted by molar-refractivity contribution is 0.0261. The van der Waals surface area contributed by atoms with Crippen molar-refractivity contribution < 1.29 is 9.53 Å². The average molecular weight is 302 g/mol. The Bertz CT molecular complexity index is 498.